The number of rotatable bonds is 3. The molecule has 1 N–H and O–H groups in total. The number of piperazine rings is 1. The van der Waals surface area contributed by atoms with E-state index in [1.807, 2.05) is 4.90 Å². The molecule has 7 heteroatoms. The lowest BCUT2D eigenvalue weighted by Gasteiger charge is -2.36. The van der Waals surface area contributed by atoms with Crippen LogP contribution in [0, 0.1) is 13.8 Å². The van der Waals surface area contributed by atoms with Gasteiger partial charge in [-0.3, -0.25) is 0 Å². The molecule has 3 heterocycles. The van der Waals surface area contributed by atoms with E-state index in [1.54, 1.807) is 11.3 Å². The molecular weight excluding hydrogens is 370 g/mol. The van der Waals surface area contributed by atoms with E-state index in [1.165, 1.54) is 16.1 Å². The van der Waals surface area contributed by atoms with Gasteiger partial charge in [0.2, 0.25) is 0 Å². The van der Waals surface area contributed by atoms with Gasteiger partial charge in [-0.2, -0.15) is 0 Å². The van der Waals surface area contributed by atoms with Crippen LogP contribution in [0.25, 0.3) is 0 Å². The summed E-state index contributed by atoms with van der Waals surface area (Å²) in [6, 6.07) is 8.60. The molecule has 0 spiro atoms. The highest BCUT2D eigenvalue weighted by Gasteiger charge is 2.26. The molecule has 1 saturated heterocycles. The van der Waals surface area contributed by atoms with Gasteiger partial charge in [-0.05, 0) is 31.9 Å². The smallest absolute Gasteiger partial charge is 0.317 e. The molecule has 0 saturated carbocycles. The van der Waals surface area contributed by atoms with Crippen LogP contribution in [0.3, 0.4) is 0 Å². The topological polar surface area (TPSA) is 51.7 Å². The summed E-state index contributed by atoms with van der Waals surface area (Å²) in [4.78, 5) is 25.1. The molecular formula is C21H29N5OS. The minimum atomic E-state index is 0.0579. The van der Waals surface area contributed by atoms with Crippen LogP contribution >= 0.6 is 11.3 Å². The van der Waals surface area contributed by atoms with Gasteiger partial charge in [0.25, 0.3) is 0 Å². The lowest BCUT2D eigenvalue weighted by Crippen LogP contribution is -2.52. The molecule has 2 aromatic rings. The molecule has 4 rings (SSSR count). The Bertz CT molecular complexity index is 824. The first-order chi connectivity index (χ1) is 13.5. The Morgan fingerprint density at radius 1 is 1.18 bits per heavy atom. The Kier molecular flexibility index (Phi) is 5.44. The first-order valence-corrected chi connectivity index (χ1v) is 10.9. The fourth-order valence-electron chi connectivity index (χ4n) is 4.03. The fraction of sp³-hybridized carbons (Fsp3) is 0.524. The minimum Gasteiger partial charge on any atom is -0.374 e. The number of nitrogens with one attached hydrogen (secondary N) is 1. The summed E-state index contributed by atoms with van der Waals surface area (Å²) in [5, 5.41) is 4.26. The highest BCUT2D eigenvalue weighted by molar-refractivity contribution is 7.15. The average molecular weight is 400 g/mol. The van der Waals surface area contributed by atoms with Gasteiger partial charge in [-0.15, -0.1) is 11.3 Å². The molecule has 2 aliphatic rings. The molecule has 0 radical (unpaired) electrons. The number of nitrogens with zero attached hydrogens (tertiary/aromatic N) is 4. The van der Waals surface area contributed by atoms with Gasteiger partial charge in [0.15, 0.2) is 5.13 Å². The third-order valence-corrected chi connectivity index (χ3v) is 7.09. The van der Waals surface area contributed by atoms with Crippen LogP contribution in [-0.2, 0) is 0 Å². The second kappa shape index (κ2) is 7.99. The van der Waals surface area contributed by atoms with Crippen molar-refractivity contribution >= 4 is 28.2 Å². The van der Waals surface area contributed by atoms with Crippen molar-refractivity contribution in [2.24, 2.45) is 0 Å². The number of hydrogen-bond donors (Lipinski definition) is 1. The third kappa shape index (κ3) is 3.81. The number of urea groups is 1. The molecule has 1 aromatic heterocycles. The van der Waals surface area contributed by atoms with E-state index in [4.69, 9.17) is 0 Å². The first kappa shape index (κ1) is 19.1. The molecule has 150 valence electrons. The maximum absolute atomic E-state index is 12.7. The van der Waals surface area contributed by atoms with Crippen molar-refractivity contribution in [2.45, 2.75) is 26.2 Å². The van der Waals surface area contributed by atoms with E-state index in [2.05, 4.69) is 65.3 Å². The number of amides is 2. The number of thiazole rings is 1. The molecule has 1 atom stereocenters. The number of benzene rings is 1. The molecule has 1 unspecified atom stereocenters. The summed E-state index contributed by atoms with van der Waals surface area (Å²) in [6.45, 7) is 9.08. The van der Waals surface area contributed by atoms with Crippen LogP contribution < -0.4 is 15.1 Å². The Morgan fingerprint density at radius 2 is 1.93 bits per heavy atom. The summed E-state index contributed by atoms with van der Waals surface area (Å²) in [7, 11) is 2.14. The van der Waals surface area contributed by atoms with Crippen molar-refractivity contribution < 1.29 is 4.79 Å². The maximum Gasteiger partial charge on any atom is 0.317 e. The third-order valence-electron chi connectivity index (χ3n) is 5.96. The Hall–Kier alpha value is -2.28. The van der Waals surface area contributed by atoms with E-state index in [-0.39, 0.29) is 6.03 Å². The normalized spacial score (nSPS) is 19.5. The van der Waals surface area contributed by atoms with E-state index in [0.717, 1.165) is 50.0 Å². The van der Waals surface area contributed by atoms with Crippen molar-refractivity contribution in [3.05, 3.63) is 40.4 Å². The number of para-hydroxylation sites is 1. The molecule has 0 bridgehead atoms. The molecule has 6 nitrogen and oxygen atoms in total. The van der Waals surface area contributed by atoms with E-state index < -0.39 is 0 Å². The molecule has 0 aliphatic carbocycles. The van der Waals surface area contributed by atoms with Crippen LogP contribution in [0.1, 0.15) is 28.5 Å². The molecule has 28 heavy (non-hydrogen) atoms. The minimum absolute atomic E-state index is 0.0579. The number of carbonyl (C=O) groups excluding carboxylic acids is 1. The number of anilines is 2. The molecule has 1 fully saturated rings. The standard InChI is InChI=1S/C21H29N5OS/c1-15-16(2)28-21(23-15)26-12-10-25(11-13-26)20(27)22-14-17-8-9-24(3)19-7-5-4-6-18(17)19/h4-7,17H,8-14H2,1-3H3,(H,22,27). The van der Waals surface area contributed by atoms with Gasteiger partial charge in [0, 0.05) is 62.8 Å². The van der Waals surface area contributed by atoms with Crippen molar-refractivity contribution in [2.75, 3.05) is 56.1 Å². The number of aryl methyl sites for hydroxylation is 2. The molecule has 1 aromatic carbocycles. The average Bonchev–Trinajstić information content (AvgIpc) is 3.06. The predicted molar refractivity (Wildman–Crippen MR) is 116 cm³/mol. The van der Waals surface area contributed by atoms with Crippen LogP contribution in [0.2, 0.25) is 0 Å². The lowest BCUT2D eigenvalue weighted by molar-refractivity contribution is 0.193. The monoisotopic (exact) mass is 399 g/mol. The summed E-state index contributed by atoms with van der Waals surface area (Å²) in [6.07, 6.45) is 1.07. The molecule has 2 amide bonds. The van der Waals surface area contributed by atoms with Gasteiger partial charge < -0.3 is 20.0 Å². The fourth-order valence-corrected chi connectivity index (χ4v) is 4.99. The number of carbonyl (C=O) groups is 1. The van der Waals surface area contributed by atoms with E-state index in [0.29, 0.717) is 12.5 Å². The van der Waals surface area contributed by atoms with Crippen molar-refractivity contribution in [1.29, 1.82) is 0 Å². The Morgan fingerprint density at radius 3 is 2.64 bits per heavy atom. The van der Waals surface area contributed by atoms with Crippen LogP contribution in [0.15, 0.2) is 24.3 Å². The second-order valence-corrected chi connectivity index (χ2v) is 8.95. The van der Waals surface area contributed by atoms with Gasteiger partial charge >= 0.3 is 6.03 Å². The van der Waals surface area contributed by atoms with Crippen LogP contribution in [-0.4, -0.2) is 62.2 Å². The number of fused-ring (bicyclic) bond motifs is 1. The summed E-state index contributed by atoms with van der Waals surface area (Å²) in [5.74, 6) is 0.388. The highest BCUT2D eigenvalue weighted by Crippen LogP contribution is 2.33. The zero-order valence-electron chi connectivity index (χ0n) is 16.9. The predicted octanol–water partition coefficient (Wildman–Crippen LogP) is 3.22. The zero-order valence-corrected chi connectivity index (χ0v) is 17.8. The second-order valence-electron chi connectivity index (χ2n) is 7.76. The van der Waals surface area contributed by atoms with Crippen molar-refractivity contribution in [1.82, 2.24) is 15.2 Å². The highest BCUT2D eigenvalue weighted by atomic mass is 32.1. The maximum atomic E-state index is 12.7. The van der Waals surface area contributed by atoms with E-state index >= 15 is 0 Å². The summed E-state index contributed by atoms with van der Waals surface area (Å²) < 4.78 is 0. The van der Waals surface area contributed by atoms with Gasteiger partial charge in [0.05, 0.1) is 5.69 Å². The Balaban J connectivity index is 1.30. The zero-order chi connectivity index (χ0) is 19.7. The number of hydrogen-bond acceptors (Lipinski definition) is 5. The van der Waals surface area contributed by atoms with Gasteiger partial charge in [0.1, 0.15) is 0 Å². The summed E-state index contributed by atoms with van der Waals surface area (Å²) >= 11 is 1.74. The van der Waals surface area contributed by atoms with Crippen LogP contribution in [0.4, 0.5) is 15.6 Å². The van der Waals surface area contributed by atoms with Gasteiger partial charge in [-0.25, -0.2) is 9.78 Å². The van der Waals surface area contributed by atoms with E-state index in [9.17, 15) is 4.79 Å². The largest absolute Gasteiger partial charge is 0.374 e. The quantitative estimate of drug-likeness (QED) is 0.861. The SMILES string of the molecule is Cc1nc(N2CCN(C(=O)NCC3CCN(C)c4ccccc43)CC2)sc1C. The first-order valence-electron chi connectivity index (χ1n) is 10.0. The van der Waals surface area contributed by atoms with Crippen molar-refractivity contribution in [3.8, 4) is 0 Å². The Labute approximate surface area is 171 Å². The van der Waals surface area contributed by atoms with Gasteiger partial charge in [-0.1, -0.05) is 18.2 Å². The number of aromatic nitrogens is 1. The molecule has 2 aliphatic heterocycles. The lowest BCUT2D eigenvalue weighted by atomic mass is 9.90. The van der Waals surface area contributed by atoms with Crippen LogP contribution in [0.5, 0.6) is 0 Å². The van der Waals surface area contributed by atoms with Crippen molar-refractivity contribution in [3.63, 3.8) is 0 Å². The summed E-state index contributed by atoms with van der Waals surface area (Å²) in [5.41, 5.74) is 3.74.